The van der Waals surface area contributed by atoms with Crippen molar-refractivity contribution >= 4 is 5.78 Å². The van der Waals surface area contributed by atoms with Crippen LogP contribution in [0.15, 0.2) is 42.5 Å². The number of alkyl halides is 3. The zero-order valence-electron chi connectivity index (χ0n) is 24.6. The van der Waals surface area contributed by atoms with Gasteiger partial charge in [-0.25, -0.2) is 9.37 Å². The molecule has 4 rings (SSSR count). The quantitative estimate of drug-likeness (QED) is 0.203. The molecule has 3 aromatic rings. The predicted octanol–water partition coefficient (Wildman–Crippen LogP) is 6.44. The summed E-state index contributed by atoms with van der Waals surface area (Å²) in [6.45, 7) is 7.04. The Kier molecular flexibility index (Phi) is 9.08. The number of benzene rings is 2. The number of aliphatic hydroxyl groups is 2. The molecule has 1 aliphatic rings. The number of methoxy groups -OCH3 is 1. The number of fused-ring (bicyclic) bond motifs is 1. The summed E-state index contributed by atoms with van der Waals surface area (Å²) in [7, 11) is 1.34. The third kappa shape index (κ3) is 6.62. The summed E-state index contributed by atoms with van der Waals surface area (Å²) in [5.74, 6) is -0.469. The van der Waals surface area contributed by atoms with Crippen molar-refractivity contribution in [1.29, 1.82) is 0 Å². The van der Waals surface area contributed by atoms with E-state index in [9.17, 15) is 32.6 Å². The van der Waals surface area contributed by atoms with Gasteiger partial charge in [-0.1, -0.05) is 13.8 Å². The van der Waals surface area contributed by atoms with E-state index < -0.39 is 53.4 Å². The van der Waals surface area contributed by atoms with Crippen LogP contribution in [0.1, 0.15) is 67.2 Å². The molecule has 2 heterocycles. The van der Waals surface area contributed by atoms with Crippen molar-refractivity contribution < 1.29 is 46.8 Å². The number of aromatic nitrogens is 1. The van der Waals surface area contributed by atoms with Crippen LogP contribution in [-0.4, -0.2) is 53.6 Å². The van der Waals surface area contributed by atoms with Crippen molar-refractivity contribution in [3.05, 3.63) is 70.7 Å². The molecule has 2 N–H and O–H groups in total. The third-order valence-corrected chi connectivity index (χ3v) is 7.68. The van der Waals surface area contributed by atoms with Crippen molar-refractivity contribution in [1.82, 2.24) is 4.98 Å². The average molecular weight is 606 g/mol. The maximum atomic E-state index is 14.7. The van der Waals surface area contributed by atoms with E-state index in [1.54, 1.807) is 0 Å². The lowest BCUT2D eigenvalue weighted by Crippen LogP contribution is -2.44. The first kappa shape index (κ1) is 32.2. The number of pyridine rings is 1. The lowest BCUT2D eigenvalue weighted by Gasteiger charge is -2.36. The lowest BCUT2D eigenvalue weighted by atomic mass is 9.77. The minimum absolute atomic E-state index is 0.0304. The molecule has 0 bridgehead atoms. The van der Waals surface area contributed by atoms with Gasteiger partial charge < -0.3 is 24.4 Å². The van der Waals surface area contributed by atoms with Crippen molar-refractivity contribution in [3.63, 3.8) is 0 Å². The van der Waals surface area contributed by atoms with E-state index in [1.165, 1.54) is 63.4 Å². The number of ketones is 1. The minimum atomic E-state index is -5.19. The molecule has 0 aliphatic carbocycles. The van der Waals surface area contributed by atoms with Gasteiger partial charge in [-0.15, -0.1) is 0 Å². The van der Waals surface area contributed by atoms with Crippen LogP contribution in [0.25, 0.3) is 11.3 Å². The van der Waals surface area contributed by atoms with E-state index >= 15 is 0 Å². The molecule has 43 heavy (non-hydrogen) atoms. The molecule has 2 aromatic carbocycles. The fourth-order valence-electron chi connectivity index (χ4n) is 4.95. The summed E-state index contributed by atoms with van der Waals surface area (Å²) in [6, 6.07) is 9.39. The highest BCUT2D eigenvalue weighted by Gasteiger charge is 2.56. The largest absolute Gasteiger partial charge is 0.493 e. The Hall–Kier alpha value is -3.70. The fraction of sp³-hybridized carbons (Fsp3) is 0.438. The first-order valence-electron chi connectivity index (χ1n) is 13.8. The maximum Gasteiger partial charge on any atom is 0.422 e. The van der Waals surface area contributed by atoms with Crippen LogP contribution >= 0.6 is 0 Å². The molecule has 0 saturated carbocycles. The minimum Gasteiger partial charge on any atom is -0.493 e. The second kappa shape index (κ2) is 12.1. The Morgan fingerprint density at radius 1 is 1.14 bits per heavy atom. The molecule has 7 nitrogen and oxygen atoms in total. The second-order valence-corrected chi connectivity index (χ2v) is 11.5. The molecular weight excluding hydrogens is 570 g/mol. The van der Waals surface area contributed by atoms with Gasteiger partial charge in [0, 0.05) is 23.1 Å². The molecule has 0 fully saturated rings. The summed E-state index contributed by atoms with van der Waals surface area (Å²) in [6.07, 6.45) is -7.12. The summed E-state index contributed by atoms with van der Waals surface area (Å²) in [4.78, 5) is 17.4. The van der Waals surface area contributed by atoms with E-state index in [2.05, 4.69) is 4.98 Å². The first-order valence-corrected chi connectivity index (χ1v) is 13.8. The van der Waals surface area contributed by atoms with Crippen LogP contribution in [0.3, 0.4) is 0 Å². The number of aryl methyl sites for hydroxylation is 1. The molecule has 1 aromatic heterocycles. The Bertz CT molecular complexity index is 1500. The van der Waals surface area contributed by atoms with E-state index in [-0.39, 0.29) is 40.7 Å². The first-order chi connectivity index (χ1) is 20.1. The van der Waals surface area contributed by atoms with Gasteiger partial charge in [-0.2, -0.15) is 13.2 Å². The van der Waals surface area contributed by atoms with Gasteiger partial charge in [0.25, 0.3) is 0 Å². The zero-order valence-corrected chi connectivity index (χ0v) is 24.6. The van der Waals surface area contributed by atoms with E-state index in [0.29, 0.717) is 24.2 Å². The van der Waals surface area contributed by atoms with Gasteiger partial charge in [0.05, 0.1) is 25.5 Å². The van der Waals surface area contributed by atoms with Crippen molar-refractivity contribution in [2.45, 2.75) is 70.3 Å². The van der Waals surface area contributed by atoms with Gasteiger partial charge in [-0.3, -0.25) is 4.79 Å². The van der Waals surface area contributed by atoms with E-state index in [4.69, 9.17) is 14.2 Å². The number of halogens is 4. The van der Waals surface area contributed by atoms with Gasteiger partial charge in [0.1, 0.15) is 23.9 Å². The summed E-state index contributed by atoms with van der Waals surface area (Å²) in [5.41, 5.74) is -3.65. The second-order valence-electron chi connectivity index (χ2n) is 11.5. The van der Waals surface area contributed by atoms with E-state index in [0.717, 1.165) is 0 Å². The normalized spacial score (nSPS) is 16.4. The Morgan fingerprint density at radius 3 is 2.49 bits per heavy atom. The van der Waals surface area contributed by atoms with Crippen LogP contribution in [-0.2, 0) is 11.0 Å². The SMILES string of the molecule is COc1cc(C(=O)CCC(O)(c2cc3c(c(-c4ccc(F)c(C)c4)n2)OCCC3(C)C)C(F)(F)F)ccc1OCC(C)O. The number of aliphatic hydroxyl groups excluding tert-OH is 1. The Balaban J connectivity index is 1.74. The van der Waals surface area contributed by atoms with Gasteiger partial charge in [0.2, 0.25) is 5.60 Å². The molecule has 0 amide bonds. The van der Waals surface area contributed by atoms with Gasteiger partial charge >= 0.3 is 6.18 Å². The summed E-state index contributed by atoms with van der Waals surface area (Å²) in [5, 5.41) is 20.8. The number of Topliss-reactive ketones (excluding diaryl/α,β-unsaturated/α-hetero) is 1. The molecule has 1 aliphatic heterocycles. The van der Waals surface area contributed by atoms with Crippen molar-refractivity contribution in [3.8, 4) is 28.5 Å². The highest BCUT2D eigenvalue weighted by Crippen LogP contribution is 2.48. The number of rotatable bonds is 10. The molecule has 2 unspecified atom stereocenters. The van der Waals surface area contributed by atoms with Gasteiger partial charge in [-0.05, 0) is 80.1 Å². The molecule has 0 radical (unpaired) electrons. The summed E-state index contributed by atoms with van der Waals surface area (Å²) < 4.78 is 74.7. The molecular formula is C32H35F4NO6. The Morgan fingerprint density at radius 2 is 1.86 bits per heavy atom. The molecule has 0 spiro atoms. The number of hydrogen-bond acceptors (Lipinski definition) is 7. The van der Waals surface area contributed by atoms with Crippen molar-refractivity contribution in [2.24, 2.45) is 0 Å². The standard InChI is InChI=1S/C32H35F4NO6/c1-18-14-21(6-8-23(18)33)28-29-22(30(3,4)12-13-42-29)16-27(37-28)31(40,32(34,35)36)11-10-24(39)20-7-9-25(26(15-20)41-5)43-17-19(2)38/h6-9,14-16,19,38,40H,10-13,17H2,1-5H3. The molecule has 0 saturated heterocycles. The average Bonchev–Trinajstić information content (AvgIpc) is 2.94. The molecule has 232 valence electrons. The van der Waals surface area contributed by atoms with Crippen molar-refractivity contribution in [2.75, 3.05) is 20.3 Å². The zero-order chi connectivity index (χ0) is 31.7. The smallest absolute Gasteiger partial charge is 0.422 e. The third-order valence-electron chi connectivity index (χ3n) is 7.68. The van der Waals surface area contributed by atoms with Crippen LogP contribution in [0.5, 0.6) is 17.2 Å². The van der Waals surface area contributed by atoms with Crippen LogP contribution in [0.4, 0.5) is 17.6 Å². The number of carbonyl (C=O) groups is 1. The predicted molar refractivity (Wildman–Crippen MR) is 151 cm³/mol. The summed E-state index contributed by atoms with van der Waals surface area (Å²) >= 11 is 0. The van der Waals surface area contributed by atoms with Crippen LogP contribution in [0, 0.1) is 12.7 Å². The number of ether oxygens (including phenoxy) is 3. The number of carbonyl (C=O) groups excluding carboxylic acids is 1. The highest BCUT2D eigenvalue weighted by molar-refractivity contribution is 5.96. The maximum absolute atomic E-state index is 14.7. The van der Waals surface area contributed by atoms with Crippen LogP contribution < -0.4 is 14.2 Å². The molecule has 11 heteroatoms. The monoisotopic (exact) mass is 605 g/mol. The topological polar surface area (TPSA) is 98.1 Å². The highest BCUT2D eigenvalue weighted by atomic mass is 19.4. The molecule has 2 atom stereocenters. The van der Waals surface area contributed by atoms with Gasteiger partial charge in [0.15, 0.2) is 17.3 Å². The Labute approximate surface area is 247 Å². The fourth-order valence-corrected chi connectivity index (χ4v) is 4.95. The number of hydrogen-bond donors (Lipinski definition) is 2. The number of nitrogens with zero attached hydrogens (tertiary/aromatic N) is 1. The lowest BCUT2D eigenvalue weighted by molar-refractivity contribution is -0.270. The van der Waals surface area contributed by atoms with E-state index in [1.807, 2.05) is 13.8 Å². The van der Waals surface area contributed by atoms with Crippen LogP contribution in [0.2, 0.25) is 0 Å².